The van der Waals surface area contributed by atoms with Crippen LogP contribution >= 0.6 is 34.2 Å². The van der Waals surface area contributed by atoms with Gasteiger partial charge in [-0.25, -0.2) is 4.68 Å². The van der Waals surface area contributed by atoms with Crippen molar-refractivity contribution in [2.24, 2.45) is 0 Å². The molecule has 0 saturated heterocycles. The van der Waals surface area contributed by atoms with Crippen LogP contribution in [-0.2, 0) is 11.5 Å². The molecule has 0 bridgehead atoms. The first-order valence-electron chi connectivity index (χ1n) is 4.85. The first kappa shape index (κ1) is 13.5. The molecule has 3 nitrogen and oxygen atoms in total. The Morgan fingerprint density at radius 3 is 2.67 bits per heavy atom. The molecule has 0 spiro atoms. The van der Waals surface area contributed by atoms with E-state index in [1.807, 2.05) is 6.20 Å². The van der Waals surface area contributed by atoms with E-state index in [2.05, 4.69) is 47.3 Å². The highest BCUT2D eigenvalue weighted by molar-refractivity contribution is 14.1. The maximum atomic E-state index is 5.83. The fourth-order valence-electron chi connectivity index (χ4n) is 0.976. The Bertz CT molecular complexity index is 305. The Morgan fingerprint density at radius 2 is 2.20 bits per heavy atom. The van der Waals surface area contributed by atoms with Gasteiger partial charge in [0.2, 0.25) is 0 Å². The standard InChI is InChI=1S/C9H16ClIN2OSi/c1-15(2,3)5-4-14-7-13-6-8(11)9(10)12-13/h6H,4-5,7H2,1-3H3. The summed E-state index contributed by atoms with van der Waals surface area (Å²) in [4.78, 5) is 0. The van der Waals surface area contributed by atoms with E-state index in [-0.39, 0.29) is 0 Å². The summed E-state index contributed by atoms with van der Waals surface area (Å²) in [6.45, 7) is 8.31. The molecule has 0 aliphatic carbocycles. The lowest BCUT2D eigenvalue weighted by Crippen LogP contribution is -2.22. The largest absolute Gasteiger partial charge is 0.360 e. The van der Waals surface area contributed by atoms with Crippen molar-refractivity contribution in [2.75, 3.05) is 6.61 Å². The van der Waals surface area contributed by atoms with Gasteiger partial charge in [0.25, 0.3) is 0 Å². The number of nitrogens with zero attached hydrogens (tertiary/aromatic N) is 2. The molecule has 0 aliphatic rings. The van der Waals surface area contributed by atoms with Crippen molar-refractivity contribution in [2.45, 2.75) is 32.4 Å². The second kappa shape index (κ2) is 5.65. The summed E-state index contributed by atoms with van der Waals surface area (Å²) in [5.41, 5.74) is 0. The molecule has 0 aromatic carbocycles. The average molecular weight is 359 g/mol. The predicted octanol–water partition coefficient (Wildman–Crippen LogP) is 3.45. The highest BCUT2D eigenvalue weighted by atomic mass is 127. The summed E-state index contributed by atoms with van der Waals surface area (Å²) in [7, 11) is -0.983. The van der Waals surface area contributed by atoms with Crippen molar-refractivity contribution >= 4 is 42.3 Å². The lowest BCUT2D eigenvalue weighted by molar-refractivity contribution is 0.0785. The zero-order valence-electron chi connectivity index (χ0n) is 9.26. The molecule has 0 saturated carbocycles. The van der Waals surface area contributed by atoms with E-state index in [1.165, 1.54) is 6.04 Å². The minimum atomic E-state index is -0.983. The zero-order valence-corrected chi connectivity index (χ0v) is 13.2. The minimum absolute atomic E-state index is 0.493. The van der Waals surface area contributed by atoms with Gasteiger partial charge in [0.05, 0.1) is 3.57 Å². The highest BCUT2D eigenvalue weighted by Gasteiger charge is 2.12. The van der Waals surface area contributed by atoms with Gasteiger partial charge in [-0.15, -0.1) is 0 Å². The summed E-state index contributed by atoms with van der Waals surface area (Å²) >= 11 is 7.98. The number of hydrogen-bond acceptors (Lipinski definition) is 2. The van der Waals surface area contributed by atoms with Crippen molar-refractivity contribution in [3.05, 3.63) is 14.9 Å². The van der Waals surface area contributed by atoms with Crippen molar-refractivity contribution in [3.8, 4) is 0 Å². The molecule has 15 heavy (non-hydrogen) atoms. The fraction of sp³-hybridized carbons (Fsp3) is 0.667. The molecular weight excluding hydrogens is 343 g/mol. The summed E-state index contributed by atoms with van der Waals surface area (Å²) < 4.78 is 8.23. The zero-order chi connectivity index (χ0) is 11.5. The third-order valence-electron chi connectivity index (χ3n) is 1.90. The lowest BCUT2D eigenvalue weighted by atomic mass is 10.7. The molecule has 0 amide bonds. The lowest BCUT2D eigenvalue weighted by Gasteiger charge is -2.15. The molecule has 86 valence electrons. The van der Waals surface area contributed by atoms with E-state index in [4.69, 9.17) is 16.3 Å². The van der Waals surface area contributed by atoms with Crippen molar-refractivity contribution in [3.63, 3.8) is 0 Å². The van der Waals surface area contributed by atoms with Gasteiger partial charge in [0.15, 0.2) is 5.15 Å². The van der Waals surface area contributed by atoms with Gasteiger partial charge in [-0.3, -0.25) is 0 Å². The Hall–Kier alpha value is 0.407. The Balaban J connectivity index is 2.26. The van der Waals surface area contributed by atoms with Gasteiger partial charge < -0.3 is 4.74 Å². The van der Waals surface area contributed by atoms with E-state index in [1.54, 1.807) is 4.68 Å². The van der Waals surface area contributed by atoms with Crippen LogP contribution in [0.1, 0.15) is 0 Å². The third-order valence-corrected chi connectivity index (χ3v) is 4.99. The van der Waals surface area contributed by atoms with Crippen LogP contribution < -0.4 is 0 Å². The van der Waals surface area contributed by atoms with E-state index in [0.29, 0.717) is 11.9 Å². The maximum absolute atomic E-state index is 5.83. The number of hydrogen-bond donors (Lipinski definition) is 0. The monoisotopic (exact) mass is 358 g/mol. The van der Waals surface area contributed by atoms with Gasteiger partial charge in [-0.2, -0.15) is 5.10 Å². The number of aromatic nitrogens is 2. The highest BCUT2D eigenvalue weighted by Crippen LogP contribution is 2.15. The van der Waals surface area contributed by atoms with Crippen LogP contribution in [0.15, 0.2) is 6.20 Å². The van der Waals surface area contributed by atoms with Gasteiger partial charge in [0.1, 0.15) is 6.73 Å². The van der Waals surface area contributed by atoms with Crippen LogP contribution in [0.2, 0.25) is 30.8 Å². The Morgan fingerprint density at radius 1 is 1.53 bits per heavy atom. The van der Waals surface area contributed by atoms with E-state index < -0.39 is 8.07 Å². The smallest absolute Gasteiger partial charge is 0.164 e. The Kier molecular flexibility index (Phi) is 5.08. The number of halogens is 2. The average Bonchev–Trinajstić information content (AvgIpc) is 2.39. The molecule has 1 aromatic rings. The Labute approximate surface area is 110 Å². The van der Waals surface area contributed by atoms with Gasteiger partial charge in [0, 0.05) is 20.9 Å². The summed E-state index contributed by atoms with van der Waals surface area (Å²) in [6, 6.07) is 1.18. The molecule has 6 heteroatoms. The third kappa shape index (κ3) is 5.33. The quantitative estimate of drug-likeness (QED) is 0.458. The van der Waals surface area contributed by atoms with Gasteiger partial charge >= 0.3 is 0 Å². The van der Waals surface area contributed by atoms with E-state index >= 15 is 0 Å². The molecule has 1 rings (SSSR count). The molecule has 0 fully saturated rings. The SMILES string of the molecule is C[Si](C)(C)CCOCn1cc(I)c(Cl)n1. The molecule has 0 atom stereocenters. The van der Waals surface area contributed by atoms with Crippen LogP contribution in [0.3, 0.4) is 0 Å². The van der Waals surface area contributed by atoms with Crippen LogP contribution in [0.4, 0.5) is 0 Å². The predicted molar refractivity (Wildman–Crippen MR) is 74.1 cm³/mol. The van der Waals surface area contributed by atoms with Crippen LogP contribution in [-0.4, -0.2) is 24.5 Å². The molecule has 0 radical (unpaired) electrons. The van der Waals surface area contributed by atoms with Crippen molar-refractivity contribution in [1.82, 2.24) is 9.78 Å². The number of rotatable bonds is 5. The molecule has 0 aliphatic heterocycles. The molecule has 0 N–H and O–H groups in total. The van der Waals surface area contributed by atoms with E-state index in [0.717, 1.165) is 10.2 Å². The summed E-state index contributed by atoms with van der Waals surface area (Å²) in [5, 5.41) is 4.65. The van der Waals surface area contributed by atoms with Crippen LogP contribution in [0.5, 0.6) is 0 Å². The van der Waals surface area contributed by atoms with Crippen molar-refractivity contribution in [1.29, 1.82) is 0 Å². The fourth-order valence-corrected chi connectivity index (χ4v) is 2.31. The number of ether oxygens (including phenoxy) is 1. The topological polar surface area (TPSA) is 27.1 Å². The van der Waals surface area contributed by atoms with Crippen LogP contribution in [0.25, 0.3) is 0 Å². The second-order valence-electron chi connectivity index (χ2n) is 4.66. The molecule has 1 aromatic heterocycles. The van der Waals surface area contributed by atoms with Crippen molar-refractivity contribution < 1.29 is 4.74 Å². The first-order chi connectivity index (χ1) is 6.88. The summed E-state index contributed by atoms with van der Waals surface area (Å²) in [5.74, 6) is 0. The molecule has 1 heterocycles. The van der Waals surface area contributed by atoms with Crippen LogP contribution in [0, 0.1) is 3.57 Å². The normalized spacial score (nSPS) is 12.1. The minimum Gasteiger partial charge on any atom is -0.360 e. The van der Waals surface area contributed by atoms with E-state index in [9.17, 15) is 0 Å². The molecular formula is C9H16ClIN2OSi. The van der Waals surface area contributed by atoms with Gasteiger partial charge in [-0.05, 0) is 28.6 Å². The molecule has 0 unspecified atom stereocenters. The first-order valence-corrected chi connectivity index (χ1v) is 10.0. The van der Waals surface area contributed by atoms with Gasteiger partial charge in [-0.1, -0.05) is 31.2 Å². The maximum Gasteiger partial charge on any atom is 0.164 e. The second-order valence-corrected chi connectivity index (χ2v) is 11.8. The summed E-state index contributed by atoms with van der Waals surface area (Å²) in [6.07, 6.45) is 1.89.